The molecule has 1 aromatic heterocycles. The van der Waals surface area contributed by atoms with E-state index in [0.29, 0.717) is 10.7 Å². The molecule has 0 saturated heterocycles. The van der Waals surface area contributed by atoms with Gasteiger partial charge in [0.15, 0.2) is 5.13 Å². The van der Waals surface area contributed by atoms with Gasteiger partial charge in [-0.25, -0.2) is 14.2 Å². The lowest BCUT2D eigenvalue weighted by molar-refractivity contribution is 0.174. The number of benzene rings is 1. The molecule has 0 spiro atoms. The average molecular weight is 330 g/mol. The molecule has 2 amide bonds. The lowest BCUT2D eigenvalue weighted by atomic mass is 10.1. The second kappa shape index (κ2) is 6.84. The molecule has 1 heterocycles. The Balaban J connectivity index is 1.86. The number of carbonyl (C=O) groups is 1. The van der Waals surface area contributed by atoms with Gasteiger partial charge in [0.25, 0.3) is 0 Å². The molecule has 0 saturated carbocycles. The summed E-state index contributed by atoms with van der Waals surface area (Å²) < 4.78 is 13.3. The summed E-state index contributed by atoms with van der Waals surface area (Å²) in [4.78, 5) is 16.6. The van der Waals surface area contributed by atoms with E-state index in [2.05, 4.69) is 15.6 Å². The zero-order valence-electron chi connectivity index (χ0n) is 11.1. The van der Waals surface area contributed by atoms with Crippen molar-refractivity contribution in [1.82, 2.24) is 10.3 Å². The zero-order chi connectivity index (χ0) is 15.4. The fourth-order valence-electron chi connectivity index (χ4n) is 1.58. The van der Waals surface area contributed by atoms with Gasteiger partial charge in [-0.2, -0.15) is 0 Å². The number of aliphatic hydroxyl groups excluding tert-OH is 1. The summed E-state index contributed by atoms with van der Waals surface area (Å²) in [5.74, 6) is -0.615. The second-order valence-corrected chi connectivity index (χ2v) is 5.94. The van der Waals surface area contributed by atoms with E-state index < -0.39 is 18.0 Å². The van der Waals surface area contributed by atoms with Gasteiger partial charge in [-0.05, 0) is 24.6 Å². The summed E-state index contributed by atoms with van der Waals surface area (Å²) in [5, 5.41) is 15.4. The number of nitrogens with one attached hydrogen (secondary N) is 2. The molecular formula is C13H13ClFN3O2S. The van der Waals surface area contributed by atoms with Crippen molar-refractivity contribution in [3.05, 3.63) is 45.7 Å². The quantitative estimate of drug-likeness (QED) is 0.807. The van der Waals surface area contributed by atoms with Gasteiger partial charge in [-0.3, -0.25) is 5.32 Å². The number of aryl methyl sites for hydroxylation is 1. The summed E-state index contributed by atoms with van der Waals surface area (Å²) in [6.07, 6.45) is 0.617. The third kappa shape index (κ3) is 4.38. The Bertz CT molecular complexity index is 650. The lowest BCUT2D eigenvalue weighted by Gasteiger charge is -2.12. The Morgan fingerprint density at radius 1 is 1.57 bits per heavy atom. The molecular weight excluding hydrogens is 317 g/mol. The fourth-order valence-corrected chi connectivity index (χ4v) is 2.36. The van der Waals surface area contributed by atoms with E-state index in [0.717, 1.165) is 10.9 Å². The monoisotopic (exact) mass is 329 g/mol. The van der Waals surface area contributed by atoms with Crippen molar-refractivity contribution in [2.75, 3.05) is 11.9 Å². The third-order valence-electron chi connectivity index (χ3n) is 2.63. The van der Waals surface area contributed by atoms with Crippen molar-refractivity contribution in [2.45, 2.75) is 13.0 Å². The number of thiazole rings is 1. The number of aromatic nitrogens is 1. The minimum absolute atomic E-state index is 0.0178. The number of hydrogen-bond donors (Lipinski definition) is 3. The summed E-state index contributed by atoms with van der Waals surface area (Å²) in [6.45, 7) is 1.82. The molecule has 3 N–H and O–H groups in total. The van der Waals surface area contributed by atoms with Gasteiger partial charge in [0.2, 0.25) is 0 Å². The van der Waals surface area contributed by atoms with E-state index >= 15 is 0 Å². The highest BCUT2D eigenvalue weighted by Gasteiger charge is 2.12. The SMILES string of the molecule is Cc1cnc(NC(=O)NC[C@@H](O)c2ccc(Cl)c(F)c2)s1. The smallest absolute Gasteiger partial charge is 0.321 e. The van der Waals surface area contributed by atoms with Crippen LogP contribution in [0.2, 0.25) is 5.02 Å². The van der Waals surface area contributed by atoms with Gasteiger partial charge < -0.3 is 10.4 Å². The number of hydrogen-bond acceptors (Lipinski definition) is 4. The van der Waals surface area contributed by atoms with Crippen LogP contribution in [0.5, 0.6) is 0 Å². The fraction of sp³-hybridized carbons (Fsp3) is 0.231. The first-order valence-electron chi connectivity index (χ1n) is 6.06. The molecule has 0 aliphatic carbocycles. The van der Waals surface area contributed by atoms with Crippen molar-refractivity contribution >= 4 is 34.1 Å². The van der Waals surface area contributed by atoms with E-state index in [9.17, 15) is 14.3 Å². The van der Waals surface area contributed by atoms with Crippen molar-refractivity contribution in [3.8, 4) is 0 Å². The molecule has 0 fully saturated rings. The highest BCUT2D eigenvalue weighted by molar-refractivity contribution is 7.15. The second-order valence-electron chi connectivity index (χ2n) is 4.30. The Hall–Kier alpha value is -1.70. The maximum atomic E-state index is 13.3. The van der Waals surface area contributed by atoms with Crippen molar-refractivity contribution in [2.24, 2.45) is 0 Å². The molecule has 21 heavy (non-hydrogen) atoms. The number of halogens is 2. The van der Waals surface area contributed by atoms with Crippen LogP contribution in [-0.2, 0) is 0 Å². The molecule has 8 heteroatoms. The van der Waals surface area contributed by atoms with Crippen LogP contribution in [0.3, 0.4) is 0 Å². The van der Waals surface area contributed by atoms with E-state index in [4.69, 9.17) is 11.6 Å². The van der Waals surface area contributed by atoms with Gasteiger partial charge >= 0.3 is 6.03 Å². The minimum atomic E-state index is -1.03. The normalized spacial score (nSPS) is 12.0. The minimum Gasteiger partial charge on any atom is -0.387 e. The lowest BCUT2D eigenvalue weighted by Crippen LogP contribution is -2.32. The van der Waals surface area contributed by atoms with Gasteiger partial charge in [-0.15, -0.1) is 11.3 Å². The zero-order valence-corrected chi connectivity index (χ0v) is 12.6. The van der Waals surface area contributed by atoms with Crippen LogP contribution in [0.4, 0.5) is 14.3 Å². The van der Waals surface area contributed by atoms with Crippen LogP contribution < -0.4 is 10.6 Å². The molecule has 0 aliphatic rings. The van der Waals surface area contributed by atoms with Crippen LogP contribution >= 0.6 is 22.9 Å². The maximum absolute atomic E-state index is 13.3. The summed E-state index contributed by atoms with van der Waals surface area (Å²) in [6, 6.07) is 3.50. The number of aliphatic hydroxyl groups is 1. The Morgan fingerprint density at radius 2 is 2.33 bits per heavy atom. The summed E-state index contributed by atoms with van der Waals surface area (Å²) in [7, 11) is 0. The molecule has 0 aliphatic heterocycles. The van der Waals surface area contributed by atoms with Gasteiger partial charge in [0.05, 0.1) is 11.1 Å². The molecule has 112 valence electrons. The van der Waals surface area contributed by atoms with Crippen molar-refractivity contribution in [3.63, 3.8) is 0 Å². The van der Waals surface area contributed by atoms with Crippen LogP contribution in [0.15, 0.2) is 24.4 Å². The van der Waals surface area contributed by atoms with Crippen molar-refractivity contribution in [1.29, 1.82) is 0 Å². The Labute approximate surface area is 129 Å². The van der Waals surface area contributed by atoms with E-state index in [1.807, 2.05) is 6.92 Å². The molecule has 1 aromatic carbocycles. The summed E-state index contributed by atoms with van der Waals surface area (Å²) >= 11 is 6.90. The van der Waals surface area contributed by atoms with Crippen LogP contribution in [0.1, 0.15) is 16.5 Å². The topological polar surface area (TPSA) is 74.2 Å². The van der Waals surface area contributed by atoms with E-state index in [1.165, 1.54) is 23.5 Å². The number of nitrogens with zero attached hydrogens (tertiary/aromatic N) is 1. The number of urea groups is 1. The standard InChI is InChI=1S/C13H13ClFN3O2S/c1-7-5-17-13(21-7)18-12(20)16-6-11(19)8-2-3-9(14)10(15)4-8/h2-5,11,19H,6H2,1H3,(H2,16,17,18,20)/t11-/m1/s1. The maximum Gasteiger partial charge on any atom is 0.321 e. The van der Waals surface area contributed by atoms with Gasteiger partial charge in [0, 0.05) is 17.6 Å². The Morgan fingerprint density at radius 3 is 2.95 bits per heavy atom. The first-order chi connectivity index (χ1) is 9.95. The van der Waals surface area contributed by atoms with Crippen LogP contribution in [0, 0.1) is 12.7 Å². The third-order valence-corrected chi connectivity index (χ3v) is 3.76. The largest absolute Gasteiger partial charge is 0.387 e. The Kier molecular flexibility index (Phi) is 5.11. The first-order valence-corrected chi connectivity index (χ1v) is 7.25. The van der Waals surface area contributed by atoms with Gasteiger partial charge in [0.1, 0.15) is 5.82 Å². The van der Waals surface area contributed by atoms with Gasteiger partial charge in [-0.1, -0.05) is 17.7 Å². The van der Waals surface area contributed by atoms with Crippen LogP contribution in [-0.4, -0.2) is 22.7 Å². The van der Waals surface area contributed by atoms with Crippen molar-refractivity contribution < 1.29 is 14.3 Å². The summed E-state index contributed by atoms with van der Waals surface area (Å²) in [5.41, 5.74) is 0.335. The van der Waals surface area contributed by atoms with E-state index in [-0.39, 0.29) is 11.6 Å². The highest BCUT2D eigenvalue weighted by atomic mass is 35.5. The highest BCUT2D eigenvalue weighted by Crippen LogP contribution is 2.20. The molecule has 0 bridgehead atoms. The number of anilines is 1. The predicted molar refractivity (Wildman–Crippen MR) is 80.2 cm³/mol. The number of amides is 2. The van der Waals surface area contributed by atoms with Crippen LogP contribution in [0.25, 0.3) is 0 Å². The molecule has 2 aromatic rings. The number of rotatable bonds is 4. The molecule has 0 radical (unpaired) electrons. The average Bonchev–Trinajstić information content (AvgIpc) is 2.84. The predicted octanol–water partition coefficient (Wildman–Crippen LogP) is 3.10. The first kappa shape index (κ1) is 15.7. The molecule has 0 unspecified atom stereocenters. The number of carbonyl (C=O) groups excluding carboxylic acids is 1. The van der Waals surface area contributed by atoms with E-state index in [1.54, 1.807) is 6.20 Å². The molecule has 1 atom stereocenters. The molecule has 2 rings (SSSR count). The molecule has 5 nitrogen and oxygen atoms in total.